The molecule has 0 amide bonds. The number of benzene rings is 1. The number of hydrogen-bond donors (Lipinski definition) is 0. The van der Waals surface area contributed by atoms with Crippen LogP contribution in [0.4, 0.5) is 0 Å². The summed E-state index contributed by atoms with van der Waals surface area (Å²) in [5, 5.41) is 4.25. The lowest BCUT2D eigenvalue weighted by Gasteiger charge is -2.07. The lowest BCUT2D eigenvalue weighted by Crippen LogP contribution is -2.05. The summed E-state index contributed by atoms with van der Waals surface area (Å²) >= 11 is 0. The first kappa shape index (κ1) is 12.2. The maximum absolute atomic E-state index is 11.8. The maximum Gasteiger partial charge on any atom is 0.251 e. The zero-order valence-electron chi connectivity index (χ0n) is 10.9. The topological polar surface area (TPSA) is 60.7 Å². The highest BCUT2D eigenvalue weighted by Gasteiger charge is 2.18. The van der Waals surface area contributed by atoms with E-state index in [4.69, 9.17) is 0 Å². The molecule has 0 bridgehead atoms. The summed E-state index contributed by atoms with van der Waals surface area (Å²) in [5.41, 5.74) is 2.18. The van der Waals surface area contributed by atoms with Crippen molar-refractivity contribution in [2.24, 2.45) is 0 Å². The summed E-state index contributed by atoms with van der Waals surface area (Å²) in [6.07, 6.45) is 4.85. The highest BCUT2D eigenvalue weighted by Crippen LogP contribution is 2.25. The summed E-state index contributed by atoms with van der Waals surface area (Å²) in [7, 11) is 0. The zero-order chi connectivity index (χ0) is 13.9. The van der Waals surface area contributed by atoms with Crippen molar-refractivity contribution in [2.75, 3.05) is 0 Å². The molecule has 0 N–H and O–H groups in total. The third-order valence-corrected chi connectivity index (χ3v) is 2.94. The highest BCUT2D eigenvalue weighted by molar-refractivity contribution is 6.00. The van der Waals surface area contributed by atoms with E-state index in [1.807, 2.05) is 30.3 Å². The van der Waals surface area contributed by atoms with Gasteiger partial charge in [0.1, 0.15) is 0 Å². The Morgan fingerprint density at radius 3 is 2.40 bits per heavy atom. The molecule has 1 aromatic carbocycles. The molecule has 0 aliphatic heterocycles. The van der Waals surface area contributed by atoms with E-state index in [0.29, 0.717) is 17.2 Å². The number of rotatable bonds is 3. The highest BCUT2D eigenvalue weighted by atomic mass is 16.1. The smallest absolute Gasteiger partial charge is 0.251 e. The van der Waals surface area contributed by atoms with Gasteiger partial charge in [-0.3, -0.25) is 4.79 Å². The van der Waals surface area contributed by atoms with Crippen molar-refractivity contribution in [1.82, 2.24) is 19.7 Å². The molecule has 0 fully saturated rings. The van der Waals surface area contributed by atoms with Crippen LogP contribution in [0.15, 0.2) is 55.0 Å². The predicted molar refractivity (Wildman–Crippen MR) is 74.6 cm³/mol. The maximum atomic E-state index is 11.8. The third-order valence-electron chi connectivity index (χ3n) is 2.94. The SMILES string of the molecule is CC(=O)c1cnn(-c2ncccn2)c1-c1ccccc1. The number of carbonyl (C=O) groups excluding carboxylic acids is 1. The van der Waals surface area contributed by atoms with Crippen molar-refractivity contribution in [2.45, 2.75) is 6.92 Å². The molecule has 0 aliphatic carbocycles. The second-order valence-electron chi connectivity index (χ2n) is 4.29. The molecule has 5 heteroatoms. The minimum atomic E-state index is -0.0361. The number of hydrogen-bond acceptors (Lipinski definition) is 4. The average Bonchev–Trinajstić information content (AvgIpc) is 2.94. The van der Waals surface area contributed by atoms with Crippen LogP contribution in [0.2, 0.25) is 0 Å². The number of aromatic nitrogens is 4. The standard InChI is InChI=1S/C15H12N4O/c1-11(20)13-10-18-19(15-16-8-5-9-17-15)14(13)12-6-3-2-4-7-12/h2-10H,1H3. The van der Waals surface area contributed by atoms with E-state index in [1.54, 1.807) is 29.3 Å². The van der Waals surface area contributed by atoms with E-state index in [2.05, 4.69) is 15.1 Å². The van der Waals surface area contributed by atoms with Crippen molar-refractivity contribution in [3.8, 4) is 17.2 Å². The summed E-state index contributed by atoms with van der Waals surface area (Å²) < 4.78 is 1.59. The van der Waals surface area contributed by atoms with E-state index in [1.165, 1.54) is 6.92 Å². The fourth-order valence-corrected chi connectivity index (χ4v) is 2.03. The summed E-state index contributed by atoms with van der Waals surface area (Å²) in [6.45, 7) is 1.53. The van der Waals surface area contributed by atoms with Gasteiger partial charge in [-0.1, -0.05) is 30.3 Å². The van der Waals surface area contributed by atoms with Crippen LogP contribution in [-0.4, -0.2) is 25.5 Å². The van der Waals surface area contributed by atoms with Crippen LogP contribution in [0, 0.1) is 0 Å². The number of ketones is 1. The largest absolute Gasteiger partial charge is 0.294 e. The van der Waals surface area contributed by atoms with Crippen molar-refractivity contribution in [1.29, 1.82) is 0 Å². The van der Waals surface area contributed by atoms with E-state index >= 15 is 0 Å². The van der Waals surface area contributed by atoms with Gasteiger partial charge in [-0.05, 0) is 13.0 Å². The molecule has 20 heavy (non-hydrogen) atoms. The van der Waals surface area contributed by atoms with Gasteiger partial charge < -0.3 is 0 Å². The number of nitrogens with zero attached hydrogens (tertiary/aromatic N) is 4. The molecule has 0 atom stereocenters. The van der Waals surface area contributed by atoms with Gasteiger partial charge in [0.25, 0.3) is 5.95 Å². The molecule has 0 unspecified atom stereocenters. The van der Waals surface area contributed by atoms with Crippen LogP contribution in [0.5, 0.6) is 0 Å². The molecular weight excluding hydrogens is 252 g/mol. The Morgan fingerprint density at radius 2 is 1.75 bits per heavy atom. The molecule has 0 saturated carbocycles. The van der Waals surface area contributed by atoms with Gasteiger partial charge in [0, 0.05) is 18.0 Å². The molecule has 3 rings (SSSR count). The third kappa shape index (κ3) is 2.09. The van der Waals surface area contributed by atoms with Crippen molar-refractivity contribution in [3.63, 3.8) is 0 Å². The van der Waals surface area contributed by atoms with Crippen LogP contribution in [-0.2, 0) is 0 Å². The lowest BCUT2D eigenvalue weighted by atomic mass is 10.1. The van der Waals surface area contributed by atoms with E-state index < -0.39 is 0 Å². The van der Waals surface area contributed by atoms with Gasteiger partial charge in [-0.15, -0.1) is 0 Å². The molecule has 2 aromatic heterocycles. The van der Waals surface area contributed by atoms with E-state index in [0.717, 1.165) is 5.56 Å². The average molecular weight is 264 g/mol. The Balaban J connectivity index is 2.25. The van der Waals surface area contributed by atoms with Gasteiger partial charge in [0.05, 0.1) is 17.5 Å². The van der Waals surface area contributed by atoms with Gasteiger partial charge >= 0.3 is 0 Å². The Hall–Kier alpha value is -2.82. The molecule has 5 nitrogen and oxygen atoms in total. The lowest BCUT2D eigenvalue weighted by molar-refractivity contribution is 0.101. The van der Waals surface area contributed by atoms with Crippen LogP contribution in [0.3, 0.4) is 0 Å². The summed E-state index contributed by atoms with van der Waals surface area (Å²) in [6, 6.07) is 11.4. The van der Waals surface area contributed by atoms with Crippen LogP contribution < -0.4 is 0 Å². The minimum Gasteiger partial charge on any atom is -0.294 e. The molecule has 0 aliphatic rings. The first-order chi connectivity index (χ1) is 9.77. The fraction of sp³-hybridized carbons (Fsp3) is 0.0667. The molecule has 2 heterocycles. The monoisotopic (exact) mass is 264 g/mol. The van der Waals surface area contributed by atoms with Gasteiger partial charge in [0.15, 0.2) is 5.78 Å². The molecule has 0 spiro atoms. The van der Waals surface area contributed by atoms with Crippen LogP contribution in [0.25, 0.3) is 17.2 Å². The predicted octanol–water partition coefficient (Wildman–Crippen LogP) is 2.53. The fourth-order valence-electron chi connectivity index (χ4n) is 2.03. The Bertz CT molecular complexity index is 735. The second kappa shape index (κ2) is 5.05. The Morgan fingerprint density at radius 1 is 1.05 bits per heavy atom. The molecule has 0 saturated heterocycles. The molecule has 98 valence electrons. The van der Waals surface area contributed by atoms with Crippen LogP contribution >= 0.6 is 0 Å². The van der Waals surface area contributed by atoms with E-state index in [9.17, 15) is 4.79 Å². The van der Waals surface area contributed by atoms with Crippen molar-refractivity contribution >= 4 is 5.78 Å². The van der Waals surface area contributed by atoms with E-state index in [-0.39, 0.29) is 5.78 Å². The molecular formula is C15H12N4O. The minimum absolute atomic E-state index is 0.0361. The van der Waals surface area contributed by atoms with Gasteiger partial charge in [0.2, 0.25) is 0 Å². The van der Waals surface area contributed by atoms with Crippen LogP contribution in [0.1, 0.15) is 17.3 Å². The first-order valence-electron chi connectivity index (χ1n) is 6.19. The summed E-state index contributed by atoms with van der Waals surface area (Å²) in [4.78, 5) is 20.2. The Kier molecular flexibility index (Phi) is 3.09. The van der Waals surface area contributed by atoms with Gasteiger partial charge in [-0.25, -0.2) is 9.97 Å². The number of Topliss-reactive ketones (excluding diaryl/α,β-unsaturated/α-hetero) is 1. The summed E-state index contributed by atoms with van der Waals surface area (Å²) in [5.74, 6) is 0.407. The Labute approximate surface area is 115 Å². The zero-order valence-corrected chi connectivity index (χ0v) is 10.9. The van der Waals surface area contributed by atoms with Crippen molar-refractivity contribution < 1.29 is 4.79 Å². The molecule has 0 radical (unpaired) electrons. The van der Waals surface area contributed by atoms with Gasteiger partial charge in [-0.2, -0.15) is 9.78 Å². The normalized spacial score (nSPS) is 10.4. The quantitative estimate of drug-likeness (QED) is 0.682. The molecule has 3 aromatic rings. The second-order valence-corrected chi connectivity index (χ2v) is 4.29. The first-order valence-corrected chi connectivity index (χ1v) is 6.19. The van der Waals surface area contributed by atoms with Crippen molar-refractivity contribution in [3.05, 3.63) is 60.6 Å². The number of carbonyl (C=O) groups is 1.